The smallest absolute Gasteiger partial charge is 0.139 e. The van der Waals surface area contributed by atoms with Gasteiger partial charge in [-0.05, 0) is 88.6 Å². The molecule has 0 aliphatic heterocycles. The molecule has 0 aliphatic rings. The van der Waals surface area contributed by atoms with Crippen LogP contribution in [-0.2, 0) is 0 Å². The van der Waals surface area contributed by atoms with Crippen LogP contribution < -0.4 is 43.7 Å². The van der Waals surface area contributed by atoms with Crippen molar-refractivity contribution < 1.29 is 4.42 Å². The Morgan fingerprint density at radius 1 is 0.309 bits per heavy atom. The van der Waals surface area contributed by atoms with Crippen molar-refractivity contribution in [2.24, 2.45) is 0 Å². The summed E-state index contributed by atoms with van der Waals surface area (Å²) >= 11 is 0. The van der Waals surface area contributed by atoms with E-state index in [1.807, 2.05) is 0 Å². The van der Waals surface area contributed by atoms with Gasteiger partial charge in [0.15, 0.2) is 0 Å². The maximum atomic E-state index is 6.71. The second-order valence-corrected chi connectivity index (χ2v) is 15.8. The summed E-state index contributed by atoms with van der Waals surface area (Å²) < 4.78 is 6.71. The molecule has 1 aromatic heterocycles. The van der Waals surface area contributed by atoms with Crippen molar-refractivity contribution in [1.82, 2.24) is 0 Å². The van der Waals surface area contributed by atoms with Crippen molar-refractivity contribution in [2.75, 3.05) is 0 Å². The third-order valence-electron chi connectivity index (χ3n) is 13.3. The van der Waals surface area contributed by atoms with Crippen molar-refractivity contribution in [3.05, 3.63) is 121 Å². The summed E-state index contributed by atoms with van der Waals surface area (Å²) in [5, 5.41) is 12.7. The van der Waals surface area contributed by atoms with E-state index in [1.54, 1.807) is 0 Å². The maximum absolute atomic E-state index is 6.71. The van der Waals surface area contributed by atoms with Gasteiger partial charge in [0.2, 0.25) is 0 Å². The van der Waals surface area contributed by atoms with Crippen molar-refractivity contribution in [1.29, 1.82) is 0 Å². The van der Waals surface area contributed by atoms with E-state index < -0.39 is 0 Å². The highest BCUT2D eigenvalue weighted by molar-refractivity contribution is 6.71. The van der Waals surface area contributed by atoms with E-state index in [1.165, 1.54) is 126 Å². The van der Waals surface area contributed by atoms with Gasteiger partial charge in [-0.1, -0.05) is 131 Å². The Morgan fingerprint density at radius 2 is 0.782 bits per heavy atom. The summed E-state index contributed by atoms with van der Waals surface area (Å²) in [6.45, 7) is 0. The molecular weight excluding hydrogens is 655 g/mol. The molecule has 0 radical (unpaired) electrons. The van der Waals surface area contributed by atoms with Crippen LogP contribution in [0.3, 0.4) is 0 Å². The number of furan rings is 1. The van der Waals surface area contributed by atoms with E-state index >= 15 is 0 Å². The van der Waals surface area contributed by atoms with Crippen molar-refractivity contribution in [3.63, 3.8) is 0 Å². The van der Waals surface area contributed by atoms with E-state index in [9.17, 15) is 0 Å². The third kappa shape index (κ3) is 4.78. The zero-order valence-corrected chi connectivity index (χ0v) is 33.0. The summed E-state index contributed by atoms with van der Waals surface area (Å²) in [5.74, 6) is 0. The zero-order valence-electron chi connectivity index (χ0n) is 33.0. The molecule has 10 aromatic rings. The second kappa shape index (κ2) is 12.4. The molecule has 0 bridgehead atoms. The molecule has 0 fully saturated rings. The van der Waals surface area contributed by atoms with Crippen LogP contribution in [0.25, 0.3) is 98.4 Å². The third-order valence-corrected chi connectivity index (χ3v) is 13.3. The van der Waals surface area contributed by atoms with Crippen molar-refractivity contribution in [3.8, 4) is 33.4 Å². The predicted molar refractivity (Wildman–Crippen MR) is 265 cm³/mol. The maximum Gasteiger partial charge on any atom is 0.139 e. The van der Waals surface area contributed by atoms with Gasteiger partial charge in [-0.25, -0.2) is 0 Å². The molecule has 1 heterocycles. The number of benzene rings is 9. The molecule has 0 amide bonds. The fourth-order valence-corrected chi connectivity index (χ4v) is 9.77. The first-order valence-electron chi connectivity index (χ1n) is 19.5. The van der Waals surface area contributed by atoms with Crippen LogP contribution in [0.4, 0.5) is 0 Å². The normalized spacial score (nSPS) is 11.9. The fraction of sp³-hybridized carbons (Fsp3) is 0. The van der Waals surface area contributed by atoms with Crippen LogP contribution in [0.1, 0.15) is 0 Å². The molecule has 10 rings (SSSR count). The molecule has 55 heavy (non-hydrogen) atoms. The first-order chi connectivity index (χ1) is 26.7. The number of fused-ring (bicyclic) bond motifs is 8. The minimum Gasteiger partial charge on any atom is -0.456 e. The fourth-order valence-electron chi connectivity index (χ4n) is 9.77. The van der Waals surface area contributed by atoms with Gasteiger partial charge < -0.3 is 4.42 Å². The number of hydrogen-bond acceptors (Lipinski definition) is 1. The summed E-state index contributed by atoms with van der Waals surface area (Å²) in [6.07, 6.45) is 0. The number of rotatable bonds is 3. The molecule has 0 unspecified atom stereocenters. The van der Waals surface area contributed by atoms with Gasteiger partial charge in [0.25, 0.3) is 0 Å². The van der Waals surface area contributed by atoms with Gasteiger partial charge in [0.05, 0.1) is 0 Å². The minimum absolute atomic E-state index is 0.925. The Hall–Kier alpha value is -5.66. The summed E-state index contributed by atoms with van der Waals surface area (Å²) in [7, 11) is 18.6. The summed E-state index contributed by atoms with van der Waals surface area (Å²) in [4.78, 5) is 0. The largest absolute Gasteiger partial charge is 0.456 e. The lowest BCUT2D eigenvalue weighted by atomic mass is 9.59. The highest BCUT2D eigenvalue weighted by Crippen LogP contribution is 2.46. The van der Waals surface area contributed by atoms with Crippen LogP contribution in [0.2, 0.25) is 0 Å². The first-order valence-corrected chi connectivity index (χ1v) is 19.5. The number of hydrogen-bond donors (Lipinski definition) is 0. The predicted octanol–water partition coefficient (Wildman–Crippen LogP) is -0.733. The van der Waals surface area contributed by atoms with Crippen LogP contribution in [-0.4, -0.2) is 62.8 Å². The lowest BCUT2D eigenvalue weighted by Crippen LogP contribution is -2.50. The lowest BCUT2D eigenvalue weighted by Gasteiger charge is -2.28. The Bertz CT molecular complexity index is 3210. The van der Waals surface area contributed by atoms with Crippen LogP contribution in [0.5, 0.6) is 0 Å². The first kappa shape index (κ1) is 33.9. The van der Waals surface area contributed by atoms with E-state index in [0.29, 0.717) is 0 Å². The average Bonchev–Trinajstić information content (AvgIpc) is 3.61. The number of para-hydroxylation sites is 1. The molecule has 1 nitrogen and oxygen atoms in total. The van der Waals surface area contributed by atoms with Crippen LogP contribution in [0, 0.1) is 0 Å². The molecule has 250 valence electrons. The Kier molecular flexibility index (Phi) is 7.66. The van der Waals surface area contributed by atoms with Crippen molar-refractivity contribution in [2.45, 2.75) is 0 Å². The Balaban J connectivity index is 1.39. The lowest BCUT2D eigenvalue weighted by molar-refractivity contribution is 0.669. The summed E-state index contributed by atoms with van der Waals surface area (Å²) in [6, 6.07) is 44.5. The van der Waals surface area contributed by atoms with Crippen LogP contribution in [0.15, 0.2) is 126 Å². The molecular formula is C46H36B8O. The molecule has 0 N–H and O–H groups in total. The highest BCUT2D eigenvalue weighted by atomic mass is 16.3. The molecule has 0 saturated carbocycles. The van der Waals surface area contributed by atoms with Gasteiger partial charge in [0.1, 0.15) is 73.9 Å². The Labute approximate surface area is 329 Å². The minimum atomic E-state index is 0.925. The molecule has 0 spiro atoms. The molecule has 9 heteroatoms. The quantitative estimate of drug-likeness (QED) is 0.176. The van der Waals surface area contributed by atoms with Gasteiger partial charge in [0, 0.05) is 10.8 Å². The van der Waals surface area contributed by atoms with Crippen molar-refractivity contribution >= 4 is 172 Å². The second-order valence-electron chi connectivity index (χ2n) is 15.8. The van der Waals surface area contributed by atoms with Gasteiger partial charge in [-0.3, -0.25) is 0 Å². The van der Waals surface area contributed by atoms with E-state index in [2.05, 4.69) is 184 Å². The van der Waals surface area contributed by atoms with Gasteiger partial charge in [-0.15, -0.1) is 21.9 Å². The highest BCUT2D eigenvalue weighted by Gasteiger charge is 2.27. The Morgan fingerprint density at radius 3 is 1.40 bits per heavy atom. The zero-order chi connectivity index (χ0) is 37.9. The van der Waals surface area contributed by atoms with Crippen LogP contribution >= 0.6 is 0 Å². The van der Waals surface area contributed by atoms with Gasteiger partial charge >= 0.3 is 0 Å². The molecule has 0 aliphatic carbocycles. The topological polar surface area (TPSA) is 13.1 Å². The molecule has 0 atom stereocenters. The van der Waals surface area contributed by atoms with E-state index in [0.717, 1.165) is 16.6 Å². The SMILES string of the molecule is Bc1c(B)c(B)c2c(-c3cc4oc5ccccc5c4c4ccccc34)c3c(B)c(B)c(B)c(B)c3c(-c3ccc(-c4cccc5ccccc45)cc3)c2c1B. The average molecular weight is 691 g/mol. The molecule has 9 aromatic carbocycles. The van der Waals surface area contributed by atoms with E-state index in [4.69, 9.17) is 4.42 Å². The van der Waals surface area contributed by atoms with E-state index in [-0.39, 0.29) is 0 Å². The monoisotopic (exact) mass is 692 g/mol. The van der Waals surface area contributed by atoms with Gasteiger partial charge in [-0.2, -0.15) is 0 Å². The standard InChI is InChI=1S/C46H36B8O/c47-39-35-32(23-18-16-22(17-19-23)25-14-7-9-21-8-1-2-10-24(21)25)36-38(42(50)46(54)44(52)40(36)48)34(37(35)41(49)45(53)43(39)51)29-20-31-33(27-12-4-3-11-26(27)29)28-13-5-6-15-30(28)55-31/h1-20H,47-54H2. The molecule has 0 saturated heterocycles. The summed E-state index contributed by atoms with van der Waals surface area (Å²) in [5.41, 5.74) is 20.3.